The molecular weight excluding hydrogens is 244 g/mol. The molecule has 0 saturated carbocycles. The van der Waals surface area contributed by atoms with E-state index in [0.29, 0.717) is 9.78 Å². The molecule has 0 spiro atoms. The molecule has 1 aromatic rings. The number of carbonyl (C=O) groups is 1. The van der Waals surface area contributed by atoms with E-state index in [4.69, 9.17) is 4.74 Å². The first-order chi connectivity index (χ1) is 7.69. The van der Waals surface area contributed by atoms with Gasteiger partial charge in [-0.1, -0.05) is 12.1 Å². The average molecular weight is 256 g/mol. The summed E-state index contributed by atoms with van der Waals surface area (Å²) in [4.78, 5) is 13.1. The van der Waals surface area contributed by atoms with Crippen LogP contribution in [0.25, 0.3) is 0 Å². The fourth-order valence-electron chi connectivity index (χ4n) is 1.62. The number of carbonyl (C=O) groups excluding carboxylic acids is 1. The number of hydrogen-bond acceptors (Lipinski definition) is 5. The summed E-state index contributed by atoms with van der Waals surface area (Å²) in [5.74, 6) is 0.288. The molecule has 16 heavy (non-hydrogen) atoms. The number of methoxy groups -OCH3 is 1. The smallest absolute Gasteiger partial charge is 0.348 e. The van der Waals surface area contributed by atoms with Crippen molar-refractivity contribution >= 4 is 29.1 Å². The van der Waals surface area contributed by atoms with Crippen LogP contribution in [0.2, 0.25) is 0 Å². The largest absolute Gasteiger partial charge is 0.466 e. The van der Waals surface area contributed by atoms with Crippen molar-refractivity contribution < 1.29 is 14.6 Å². The molecule has 0 fully saturated rings. The van der Waals surface area contributed by atoms with Gasteiger partial charge in [-0.3, -0.25) is 0 Å². The normalized spacial score (nSPS) is 19.0. The number of aliphatic hydroxyl groups is 1. The summed E-state index contributed by atoms with van der Waals surface area (Å²) in [6, 6.07) is 3.56. The van der Waals surface area contributed by atoms with Gasteiger partial charge in [-0.25, -0.2) is 4.79 Å². The number of rotatable bonds is 3. The van der Waals surface area contributed by atoms with Crippen molar-refractivity contribution in [1.82, 2.24) is 0 Å². The predicted octanol–water partition coefficient (Wildman–Crippen LogP) is 2.13. The van der Waals surface area contributed by atoms with Crippen LogP contribution in [0.3, 0.4) is 0 Å². The second-order valence-corrected chi connectivity index (χ2v) is 5.47. The number of thiophene rings is 1. The monoisotopic (exact) mass is 256 g/mol. The maximum Gasteiger partial charge on any atom is 0.348 e. The van der Waals surface area contributed by atoms with Crippen LogP contribution in [0.4, 0.5) is 0 Å². The molecule has 1 unspecified atom stereocenters. The molecule has 0 aliphatic carbocycles. The predicted molar refractivity (Wildman–Crippen MR) is 65.4 cm³/mol. The first-order valence-corrected chi connectivity index (χ1v) is 6.74. The number of ether oxygens (including phenoxy) is 1. The van der Waals surface area contributed by atoms with Gasteiger partial charge < -0.3 is 9.84 Å². The van der Waals surface area contributed by atoms with Crippen LogP contribution in [0.15, 0.2) is 28.5 Å². The van der Waals surface area contributed by atoms with Gasteiger partial charge in [0.15, 0.2) is 0 Å². The summed E-state index contributed by atoms with van der Waals surface area (Å²) in [5.41, 5.74) is -1.61. The van der Waals surface area contributed by atoms with Crippen LogP contribution in [0, 0.1) is 0 Å². The number of hydrogen-bond donors (Lipinski definition) is 1. The van der Waals surface area contributed by atoms with Crippen LogP contribution in [-0.4, -0.2) is 23.9 Å². The van der Waals surface area contributed by atoms with E-state index in [0.717, 1.165) is 12.2 Å². The third-order valence-corrected chi connectivity index (χ3v) is 4.61. The summed E-state index contributed by atoms with van der Waals surface area (Å²) < 4.78 is 4.72. The molecule has 1 aliphatic heterocycles. The highest BCUT2D eigenvalue weighted by Crippen LogP contribution is 2.43. The lowest BCUT2D eigenvalue weighted by atomic mass is 10.0. The lowest BCUT2D eigenvalue weighted by Gasteiger charge is -2.24. The van der Waals surface area contributed by atoms with E-state index in [-0.39, 0.29) is 0 Å². The Morgan fingerprint density at radius 3 is 2.94 bits per heavy atom. The third kappa shape index (κ3) is 1.79. The van der Waals surface area contributed by atoms with Crippen LogP contribution < -0.4 is 0 Å². The Hall–Kier alpha value is -0.780. The number of allylic oxidation sites excluding steroid dienone is 1. The molecule has 0 amide bonds. The zero-order valence-electron chi connectivity index (χ0n) is 8.80. The minimum atomic E-state index is -1.61. The van der Waals surface area contributed by atoms with Gasteiger partial charge in [-0.2, -0.15) is 0 Å². The van der Waals surface area contributed by atoms with Gasteiger partial charge in [0.05, 0.1) is 12.0 Å². The molecule has 0 aromatic carbocycles. The fraction of sp³-hybridized carbons (Fsp3) is 0.364. The first kappa shape index (κ1) is 11.7. The zero-order chi connectivity index (χ0) is 11.6. The van der Waals surface area contributed by atoms with Crippen molar-refractivity contribution in [3.8, 4) is 0 Å². The van der Waals surface area contributed by atoms with Gasteiger partial charge in [-0.15, -0.1) is 23.1 Å². The molecule has 0 saturated heterocycles. The highest BCUT2D eigenvalue weighted by molar-refractivity contribution is 8.03. The second-order valence-electron chi connectivity index (χ2n) is 3.38. The molecular formula is C11H12O3S2. The minimum absolute atomic E-state index is 0.611. The first-order valence-electron chi connectivity index (χ1n) is 4.87. The molecule has 0 radical (unpaired) electrons. The zero-order valence-corrected chi connectivity index (χ0v) is 10.4. The molecule has 1 atom stereocenters. The summed E-state index contributed by atoms with van der Waals surface area (Å²) in [7, 11) is 1.29. The van der Waals surface area contributed by atoms with Crippen LogP contribution in [0.5, 0.6) is 0 Å². The number of thioether (sulfide) groups is 1. The lowest BCUT2D eigenvalue weighted by molar-refractivity contribution is -0.158. The van der Waals surface area contributed by atoms with Gasteiger partial charge in [0.2, 0.25) is 5.60 Å². The van der Waals surface area contributed by atoms with Crippen LogP contribution >= 0.6 is 23.1 Å². The summed E-state index contributed by atoms with van der Waals surface area (Å²) >= 11 is 2.86. The van der Waals surface area contributed by atoms with Crippen molar-refractivity contribution in [2.45, 2.75) is 12.0 Å². The SMILES string of the molecule is COC(=O)C(O)(C1=CCCS1)c1cccs1. The van der Waals surface area contributed by atoms with E-state index in [1.54, 1.807) is 6.07 Å². The molecule has 2 rings (SSSR count). The van der Waals surface area contributed by atoms with Crippen molar-refractivity contribution in [1.29, 1.82) is 0 Å². The van der Waals surface area contributed by atoms with E-state index in [9.17, 15) is 9.90 Å². The molecule has 1 aromatic heterocycles. The van der Waals surface area contributed by atoms with Crippen molar-refractivity contribution in [3.05, 3.63) is 33.4 Å². The van der Waals surface area contributed by atoms with Crippen LogP contribution in [0.1, 0.15) is 11.3 Å². The topological polar surface area (TPSA) is 46.5 Å². The van der Waals surface area contributed by atoms with Gasteiger partial charge in [0.1, 0.15) is 0 Å². The second kappa shape index (κ2) is 4.61. The Morgan fingerprint density at radius 2 is 2.44 bits per heavy atom. The molecule has 3 nitrogen and oxygen atoms in total. The highest BCUT2D eigenvalue weighted by Gasteiger charge is 2.45. The quantitative estimate of drug-likeness (QED) is 0.842. The van der Waals surface area contributed by atoms with E-state index < -0.39 is 11.6 Å². The molecule has 5 heteroatoms. The van der Waals surface area contributed by atoms with Crippen LogP contribution in [-0.2, 0) is 15.1 Å². The molecule has 0 bridgehead atoms. The molecule has 86 valence electrons. The minimum Gasteiger partial charge on any atom is -0.466 e. The average Bonchev–Trinajstić information content (AvgIpc) is 2.98. The van der Waals surface area contributed by atoms with Crippen molar-refractivity contribution in [3.63, 3.8) is 0 Å². The van der Waals surface area contributed by atoms with Gasteiger partial charge >= 0.3 is 5.97 Å². The van der Waals surface area contributed by atoms with E-state index >= 15 is 0 Å². The maximum absolute atomic E-state index is 11.8. The lowest BCUT2D eigenvalue weighted by Crippen LogP contribution is -2.36. The third-order valence-electron chi connectivity index (χ3n) is 2.42. The fourth-order valence-corrected chi connectivity index (χ4v) is 3.61. The summed E-state index contributed by atoms with van der Waals surface area (Å²) in [6.07, 6.45) is 2.78. The van der Waals surface area contributed by atoms with Crippen molar-refractivity contribution in [2.75, 3.05) is 12.9 Å². The molecule has 2 heterocycles. The Kier molecular flexibility index (Phi) is 3.37. The van der Waals surface area contributed by atoms with Gasteiger partial charge in [0, 0.05) is 10.7 Å². The number of esters is 1. The van der Waals surface area contributed by atoms with Crippen molar-refractivity contribution in [2.24, 2.45) is 0 Å². The van der Waals surface area contributed by atoms with Gasteiger partial charge in [-0.05, 0) is 17.9 Å². The van der Waals surface area contributed by atoms with Gasteiger partial charge in [0.25, 0.3) is 0 Å². The Balaban J connectivity index is 2.44. The molecule has 1 aliphatic rings. The van der Waals surface area contributed by atoms with E-state index in [1.165, 1.54) is 30.2 Å². The summed E-state index contributed by atoms with van der Waals surface area (Å²) in [5, 5.41) is 12.4. The molecule has 1 N–H and O–H groups in total. The highest BCUT2D eigenvalue weighted by atomic mass is 32.2. The Bertz CT molecular complexity index is 411. The van der Waals surface area contributed by atoms with E-state index in [2.05, 4.69) is 0 Å². The maximum atomic E-state index is 11.8. The Labute approximate surface area is 102 Å². The standard InChI is InChI=1S/C11H12O3S2/c1-14-10(12)11(13,8-4-2-6-15-8)9-5-3-7-16-9/h2,4-6,13H,3,7H2,1H3. The van der Waals surface area contributed by atoms with E-state index in [1.807, 2.05) is 17.5 Å². The summed E-state index contributed by atoms with van der Waals surface area (Å²) in [6.45, 7) is 0. The Morgan fingerprint density at radius 1 is 1.62 bits per heavy atom.